The number of amides is 1. The first-order valence-electron chi connectivity index (χ1n) is 6.59. The SMILES string of the molecule is CC(C)(C)OC(=O)N1CCC2(C1)NCCCC2=O.Cl. The molecule has 110 valence electrons. The lowest BCUT2D eigenvalue weighted by atomic mass is 9.87. The molecule has 2 aliphatic heterocycles. The first-order chi connectivity index (χ1) is 8.32. The Morgan fingerprint density at radius 1 is 1.42 bits per heavy atom. The molecule has 0 radical (unpaired) electrons. The van der Waals surface area contributed by atoms with Gasteiger partial charge in [0.1, 0.15) is 5.60 Å². The Bertz CT molecular complexity index is 367. The van der Waals surface area contributed by atoms with Crippen molar-refractivity contribution in [2.45, 2.75) is 51.2 Å². The van der Waals surface area contributed by atoms with E-state index in [0.717, 1.165) is 13.0 Å². The van der Waals surface area contributed by atoms with E-state index in [1.807, 2.05) is 20.8 Å². The van der Waals surface area contributed by atoms with Gasteiger partial charge in [-0.3, -0.25) is 4.79 Å². The number of halogens is 1. The van der Waals surface area contributed by atoms with Crippen LogP contribution in [0.5, 0.6) is 0 Å². The van der Waals surface area contributed by atoms with Gasteiger partial charge in [0.15, 0.2) is 5.78 Å². The molecule has 0 saturated carbocycles. The van der Waals surface area contributed by atoms with Gasteiger partial charge < -0.3 is 15.0 Å². The van der Waals surface area contributed by atoms with Gasteiger partial charge in [-0.15, -0.1) is 12.4 Å². The van der Waals surface area contributed by atoms with Gasteiger partial charge in [0, 0.05) is 19.5 Å². The Labute approximate surface area is 120 Å². The van der Waals surface area contributed by atoms with Crippen molar-refractivity contribution in [2.24, 2.45) is 0 Å². The van der Waals surface area contributed by atoms with Crippen LogP contribution in [0, 0.1) is 0 Å². The van der Waals surface area contributed by atoms with Gasteiger partial charge in [-0.1, -0.05) is 0 Å². The van der Waals surface area contributed by atoms with Gasteiger partial charge in [0.2, 0.25) is 0 Å². The van der Waals surface area contributed by atoms with Crippen molar-refractivity contribution in [1.82, 2.24) is 10.2 Å². The molecule has 2 heterocycles. The summed E-state index contributed by atoms with van der Waals surface area (Å²) in [7, 11) is 0. The molecule has 0 bridgehead atoms. The lowest BCUT2D eigenvalue weighted by molar-refractivity contribution is -0.126. The van der Waals surface area contributed by atoms with Crippen molar-refractivity contribution in [3.63, 3.8) is 0 Å². The summed E-state index contributed by atoms with van der Waals surface area (Å²) < 4.78 is 5.34. The molecule has 2 fully saturated rings. The third kappa shape index (κ3) is 3.60. The Hall–Kier alpha value is -0.810. The summed E-state index contributed by atoms with van der Waals surface area (Å²) in [6.07, 6.45) is 1.90. The second-order valence-corrected chi connectivity index (χ2v) is 6.19. The number of likely N-dealkylation sites (tertiary alicyclic amines) is 1. The monoisotopic (exact) mass is 290 g/mol. The topological polar surface area (TPSA) is 58.6 Å². The number of ketones is 1. The van der Waals surface area contributed by atoms with E-state index in [1.54, 1.807) is 4.90 Å². The summed E-state index contributed by atoms with van der Waals surface area (Å²) in [4.78, 5) is 25.6. The summed E-state index contributed by atoms with van der Waals surface area (Å²) in [5.74, 6) is 0.236. The number of ether oxygens (including phenoxy) is 1. The highest BCUT2D eigenvalue weighted by Gasteiger charge is 2.47. The molecular weight excluding hydrogens is 268 g/mol. The van der Waals surface area contributed by atoms with E-state index < -0.39 is 11.1 Å². The third-order valence-corrected chi connectivity index (χ3v) is 3.50. The normalized spacial score (nSPS) is 27.3. The van der Waals surface area contributed by atoms with E-state index in [9.17, 15) is 9.59 Å². The largest absolute Gasteiger partial charge is 0.444 e. The molecule has 1 amide bonds. The molecule has 0 aromatic heterocycles. The number of hydrogen-bond acceptors (Lipinski definition) is 4. The minimum absolute atomic E-state index is 0. The van der Waals surface area contributed by atoms with Gasteiger partial charge in [0.05, 0.1) is 5.54 Å². The molecule has 0 aromatic rings. The first kappa shape index (κ1) is 16.2. The molecule has 1 N–H and O–H groups in total. The summed E-state index contributed by atoms with van der Waals surface area (Å²) in [6, 6.07) is 0. The van der Waals surface area contributed by atoms with Crippen molar-refractivity contribution in [3.8, 4) is 0 Å². The van der Waals surface area contributed by atoms with Crippen LogP contribution in [0.1, 0.15) is 40.0 Å². The van der Waals surface area contributed by atoms with Crippen LogP contribution in [0.15, 0.2) is 0 Å². The van der Waals surface area contributed by atoms with Crippen LogP contribution in [0.25, 0.3) is 0 Å². The van der Waals surface area contributed by atoms with Gasteiger partial charge in [0.25, 0.3) is 0 Å². The Morgan fingerprint density at radius 3 is 2.68 bits per heavy atom. The predicted molar refractivity (Wildman–Crippen MR) is 74.6 cm³/mol. The number of piperidine rings is 1. The fourth-order valence-corrected chi connectivity index (χ4v) is 2.58. The minimum Gasteiger partial charge on any atom is -0.444 e. The standard InChI is InChI=1S/C13H22N2O3.ClH/c1-12(2,3)18-11(17)15-8-6-13(9-15)10(16)5-4-7-14-13;/h14H,4-9H2,1-3H3;1H. The van der Waals surface area contributed by atoms with E-state index in [2.05, 4.69) is 5.32 Å². The third-order valence-electron chi connectivity index (χ3n) is 3.50. The highest BCUT2D eigenvalue weighted by Crippen LogP contribution is 2.28. The summed E-state index contributed by atoms with van der Waals surface area (Å²) in [5.41, 5.74) is -0.994. The second-order valence-electron chi connectivity index (χ2n) is 6.19. The van der Waals surface area contributed by atoms with Gasteiger partial charge >= 0.3 is 6.09 Å². The number of nitrogens with one attached hydrogen (secondary N) is 1. The zero-order valence-electron chi connectivity index (χ0n) is 11.8. The number of hydrogen-bond donors (Lipinski definition) is 1. The molecule has 5 nitrogen and oxygen atoms in total. The van der Waals surface area contributed by atoms with E-state index in [4.69, 9.17) is 4.74 Å². The molecule has 1 atom stereocenters. The van der Waals surface area contributed by atoms with Crippen molar-refractivity contribution >= 4 is 24.3 Å². The maximum atomic E-state index is 12.0. The zero-order valence-corrected chi connectivity index (χ0v) is 12.6. The molecule has 2 aliphatic rings. The minimum atomic E-state index is -0.505. The fourth-order valence-electron chi connectivity index (χ4n) is 2.58. The van der Waals surface area contributed by atoms with Crippen LogP contribution in [0.3, 0.4) is 0 Å². The second kappa shape index (κ2) is 5.67. The predicted octanol–water partition coefficient (Wildman–Crippen LogP) is 1.74. The van der Waals surface area contributed by atoms with Crippen molar-refractivity contribution < 1.29 is 14.3 Å². The van der Waals surface area contributed by atoms with Crippen molar-refractivity contribution in [1.29, 1.82) is 0 Å². The first-order valence-corrected chi connectivity index (χ1v) is 6.59. The fraction of sp³-hybridized carbons (Fsp3) is 0.846. The molecular formula is C13H23ClN2O3. The quantitative estimate of drug-likeness (QED) is 0.738. The average Bonchev–Trinajstić information content (AvgIpc) is 2.66. The molecule has 1 unspecified atom stereocenters. The van der Waals surface area contributed by atoms with Gasteiger partial charge in [-0.25, -0.2) is 4.79 Å². The van der Waals surface area contributed by atoms with Crippen LogP contribution in [-0.2, 0) is 9.53 Å². The van der Waals surface area contributed by atoms with E-state index in [0.29, 0.717) is 25.9 Å². The van der Waals surface area contributed by atoms with Gasteiger partial charge in [-0.2, -0.15) is 0 Å². The summed E-state index contributed by atoms with van der Waals surface area (Å²) >= 11 is 0. The van der Waals surface area contributed by atoms with E-state index in [1.165, 1.54) is 0 Å². The maximum Gasteiger partial charge on any atom is 0.410 e. The lowest BCUT2D eigenvalue weighted by Gasteiger charge is -2.33. The van der Waals surface area contributed by atoms with Crippen LogP contribution < -0.4 is 5.32 Å². The lowest BCUT2D eigenvalue weighted by Crippen LogP contribution is -2.57. The number of Topliss-reactive ketones (excluding diaryl/α,β-unsaturated/α-hetero) is 1. The molecule has 19 heavy (non-hydrogen) atoms. The molecule has 0 aromatic carbocycles. The molecule has 1 spiro atoms. The van der Waals surface area contributed by atoms with Crippen LogP contribution in [0.4, 0.5) is 4.79 Å². The Morgan fingerprint density at radius 2 is 2.11 bits per heavy atom. The molecule has 2 rings (SSSR count). The Balaban J connectivity index is 0.00000180. The maximum absolute atomic E-state index is 12.0. The number of nitrogens with zero attached hydrogens (tertiary/aromatic N) is 1. The number of carbonyl (C=O) groups excluding carboxylic acids is 2. The van der Waals surface area contributed by atoms with Crippen LogP contribution >= 0.6 is 12.4 Å². The molecule has 0 aliphatic carbocycles. The molecule has 6 heteroatoms. The molecule has 2 saturated heterocycles. The van der Waals surface area contributed by atoms with Crippen molar-refractivity contribution in [3.05, 3.63) is 0 Å². The summed E-state index contributed by atoms with van der Waals surface area (Å²) in [5, 5.41) is 3.29. The smallest absolute Gasteiger partial charge is 0.410 e. The van der Waals surface area contributed by atoms with Crippen LogP contribution in [0.2, 0.25) is 0 Å². The van der Waals surface area contributed by atoms with E-state index in [-0.39, 0.29) is 24.3 Å². The highest BCUT2D eigenvalue weighted by molar-refractivity contribution is 5.90. The van der Waals surface area contributed by atoms with Gasteiger partial charge in [-0.05, 0) is 40.2 Å². The van der Waals surface area contributed by atoms with Crippen LogP contribution in [-0.4, -0.2) is 47.6 Å². The average molecular weight is 291 g/mol. The Kier molecular flexibility index (Phi) is 4.85. The number of rotatable bonds is 0. The zero-order chi connectivity index (χ0) is 13.4. The van der Waals surface area contributed by atoms with E-state index >= 15 is 0 Å². The summed E-state index contributed by atoms with van der Waals surface area (Å²) in [6.45, 7) is 7.44. The highest BCUT2D eigenvalue weighted by atomic mass is 35.5. The van der Waals surface area contributed by atoms with Crippen molar-refractivity contribution in [2.75, 3.05) is 19.6 Å². The number of carbonyl (C=O) groups is 2.